The van der Waals surface area contributed by atoms with Crippen LogP contribution in [0.4, 0.5) is 8.78 Å². The van der Waals surface area contributed by atoms with Gasteiger partial charge in [-0.1, -0.05) is 11.6 Å². The largest absolute Gasteiger partial charge is 0.491 e. The summed E-state index contributed by atoms with van der Waals surface area (Å²) < 4.78 is 32.4. The Kier molecular flexibility index (Phi) is 3.94. The Labute approximate surface area is 114 Å². The summed E-state index contributed by atoms with van der Waals surface area (Å²) in [7, 11) is 1.14. The van der Waals surface area contributed by atoms with Gasteiger partial charge in [0, 0.05) is 5.92 Å². The number of hydrogen-bond acceptors (Lipinski definition) is 2. The lowest BCUT2D eigenvalue weighted by Gasteiger charge is -2.18. The molecule has 1 aliphatic rings. The zero-order chi connectivity index (χ0) is 14.2. The highest BCUT2D eigenvalue weighted by molar-refractivity contribution is 6.31. The van der Waals surface area contributed by atoms with Gasteiger partial charge in [0.05, 0.1) is 18.6 Å². The number of hydrogen-bond donors (Lipinski definition) is 1. The Morgan fingerprint density at radius 2 is 2.16 bits per heavy atom. The van der Waals surface area contributed by atoms with Crippen molar-refractivity contribution in [3.05, 3.63) is 28.3 Å². The van der Waals surface area contributed by atoms with E-state index in [-0.39, 0.29) is 22.9 Å². The zero-order valence-corrected chi connectivity index (χ0v) is 11.0. The van der Waals surface area contributed by atoms with Crippen LogP contribution in [0.3, 0.4) is 0 Å². The van der Waals surface area contributed by atoms with Gasteiger partial charge in [0.2, 0.25) is 0 Å². The molecule has 1 unspecified atom stereocenters. The van der Waals surface area contributed by atoms with Gasteiger partial charge in [-0.05, 0) is 30.4 Å². The van der Waals surface area contributed by atoms with Gasteiger partial charge in [-0.25, -0.2) is 8.78 Å². The Bertz CT molecular complexity index is 515. The van der Waals surface area contributed by atoms with E-state index in [0.717, 1.165) is 20.0 Å². The molecule has 0 amide bonds. The summed E-state index contributed by atoms with van der Waals surface area (Å²) in [5, 5.41) is 8.64. The molecule has 1 saturated carbocycles. The van der Waals surface area contributed by atoms with Crippen LogP contribution >= 0.6 is 11.6 Å². The summed E-state index contributed by atoms with van der Waals surface area (Å²) in [6.45, 7) is 0. The molecule has 1 atom stereocenters. The zero-order valence-electron chi connectivity index (χ0n) is 10.3. The molecule has 1 fully saturated rings. The number of methoxy groups -OCH3 is 1. The monoisotopic (exact) mass is 290 g/mol. The normalized spacial score (nSPS) is 16.2. The van der Waals surface area contributed by atoms with Crippen LogP contribution in [-0.4, -0.2) is 18.2 Å². The minimum atomic E-state index is -1.02. The lowest BCUT2D eigenvalue weighted by Crippen LogP contribution is -2.11. The van der Waals surface area contributed by atoms with Crippen LogP contribution in [0, 0.1) is 17.6 Å². The molecule has 0 saturated heterocycles. The van der Waals surface area contributed by atoms with Crippen molar-refractivity contribution in [3.8, 4) is 5.75 Å². The van der Waals surface area contributed by atoms with Crippen LogP contribution in [-0.2, 0) is 4.79 Å². The third-order valence-corrected chi connectivity index (χ3v) is 3.61. The fourth-order valence-corrected chi connectivity index (χ4v) is 2.47. The molecule has 0 radical (unpaired) electrons. The second-order valence-electron chi connectivity index (χ2n) is 4.65. The maximum atomic E-state index is 14.2. The molecule has 1 aromatic carbocycles. The van der Waals surface area contributed by atoms with E-state index >= 15 is 0 Å². The molecule has 0 aliphatic heterocycles. The third kappa shape index (κ3) is 2.81. The van der Waals surface area contributed by atoms with Crippen LogP contribution in [0.1, 0.15) is 30.7 Å². The Morgan fingerprint density at radius 1 is 1.53 bits per heavy atom. The minimum Gasteiger partial charge on any atom is -0.491 e. The summed E-state index contributed by atoms with van der Waals surface area (Å²) >= 11 is 5.71. The average Bonchev–Trinajstić information content (AvgIpc) is 3.16. The molecule has 19 heavy (non-hydrogen) atoms. The highest BCUT2D eigenvalue weighted by atomic mass is 35.5. The van der Waals surface area contributed by atoms with Crippen molar-refractivity contribution in [2.45, 2.75) is 25.2 Å². The molecule has 1 aliphatic carbocycles. The lowest BCUT2D eigenvalue weighted by atomic mass is 9.90. The maximum Gasteiger partial charge on any atom is 0.303 e. The second-order valence-corrected chi connectivity index (χ2v) is 5.06. The first-order valence-electron chi connectivity index (χ1n) is 5.88. The molecule has 104 valence electrons. The molecule has 0 spiro atoms. The summed E-state index contributed by atoms with van der Waals surface area (Å²) in [5.41, 5.74) is 0.119. The first-order valence-corrected chi connectivity index (χ1v) is 6.26. The van der Waals surface area contributed by atoms with Gasteiger partial charge in [0.25, 0.3) is 0 Å². The molecule has 1 N–H and O–H groups in total. The van der Waals surface area contributed by atoms with E-state index in [2.05, 4.69) is 4.74 Å². The van der Waals surface area contributed by atoms with Gasteiger partial charge in [-0.15, -0.1) is 0 Å². The number of benzene rings is 1. The van der Waals surface area contributed by atoms with E-state index in [1.165, 1.54) is 6.07 Å². The summed E-state index contributed by atoms with van der Waals surface area (Å²) in [5.74, 6) is -3.78. The fourth-order valence-electron chi connectivity index (χ4n) is 2.27. The van der Waals surface area contributed by atoms with E-state index in [9.17, 15) is 13.6 Å². The van der Waals surface area contributed by atoms with Gasteiger partial charge < -0.3 is 9.84 Å². The number of ether oxygens (including phenoxy) is 1. The van der Waals surface area contributed by atoms with Crippen molar-refractivity contribution < 1.29 is 23.4 Å². The quantitative estimate of drug-likeness (QED) is 0.843. The molecular formula is C13H13ClF2O3. The van der Waals surface area contributed by atoms with E-state index in [1.807, 2.05) is 0 Å². The van der Waals surface area contributed by atoms with Crippen molar-refractivity contribution in [1.29, 1.82) is 0 Å². The molecule has 6 heteroatoms. The van der Waals surface area contributed by atoms with Gasteiger partial charge in [-0.2, -0.15) is 0 Å². The fraction of sp³-hybridized carbons (Fsp3) is 0.462. The van der Waals surface area contributed by atoms with Crippen LogP contribution < -0.4 is 4.74 Å². The lowest BCUT2D eigenvalue weighted by molar-refractivity contribution is -0.137. The standard InChI is InChI=1S/C13H13ClF2O3/c1-19-13-11(15)8(4-9(14)12(13)16)7(5-10(17)18)6-2-3-6/h4,6-7H,2-3,5H2,1H3,(H,17,18). The van der Waals surface area contributed by atoms with Crippen LogP contribution in [0.25, 0.3) is 0 Å². The molecule has 0 bridgehead atoms. The summed E-state index contributed by atoms with van der Waals surface area (Å²) in [6, 6.07) is 1.17. The number of carbonyl (C=O) groups is 1. The average molecular weight is 291 g/mol. The highest BCUT2D eigenvalue weighted by Crippen LogP contribution is 2.47. The maximum absolute atomic E-state index is 14.2. The van der Waals surface area contributed by atoms with Crippen LogP contribution in [0.5, 0.6) is 5.75 Å². The predicted octanol–water partition coefficient (Wildman–Crippen LogP) is 3.60. The van der Waals surface area contributed by atoms with Crippen molar-refractivity contribution >= 4 is 17.6 Å². The Hall–Kier alpha value is -1.36. The van der Waals surface area contributed by atoms with Gasteiger partial charge >= 0.3 is 5.97 Å². The number of carboxylic acids is 1. The molecular weight excluding hydrogens is 278 g/mol. The van der Waals surface area contributed by atoms with Gasteiger partial charge in [0.15, 0.2) is 17.4 Å². The highest BCUT2D eigenvalue weighted by Gasteiger charge is 2.36. The second kappa shape index (κ2) is 5.33. The van der Waals surface area contributed by atoms with E-state index in [0.29, 0.717) is 0 Å². The smallest absolute Gasteiger partial charge is 0.303 e. The number of aliphatic carboxylic acids is 1. The number of rotatable bonds is 5. The third-order valence-electron chi connectivity index (χ3n) is 3.33. The molecule has 0 heterocycles. The van der Waals surface area contributed by atoms with E-state index in [4.69, 9.17) is 16.7 Å². The van der Waals surface area contributed by atoms with Gasteiger partial charge in [-0.3, -0.25) is 4.79 Å². The number of carboxylic acid groups (broad SMARTS) is 1. The molecule has 0 aromatic heterocycles. The predicted molar refractivity (Wildman–Crippen MR) is 65.6 cm³/mol. The Morgan fingerprint density at radius 3 is 2.63 bits per heavy atom. The minimum absolute atomic E-state index is 0.108. The molecule has 3 nitrogen and oxygen atoms in total. The van der Waals surface area contributed by atoms with Crippen molar-refractivity contribution in [2.75, 3.05) is 7.11 Å². The van der Waals surface area contributed by atoms with Crippen molar-refractivity contribution in [3.63, 3.8) is 0 Å². The van der Waals surface area contributed by atoms with Crippen molar-refractivity contribution in [2.24, 2.45) is 5.92 Å². The van der Waals surface area contributed by atoms with Crippen molar-refractivity contribution in [1.82, 2.24) is 0 Å². The van der Waals surface area contributed by atoms with Crippen LogP contribution in [0.15, 0.2) is 6.07 Å². The topological polar surface area (TPSA) is 46.5 Å². The molecule has 2 rings (SSSR count). The SMILES string of the molecule is COc1c(F)c(Cl)cc(C(CC(=O)O)C2CC2)c1F. The van der Waals surface area contributed by atoms with Gasteiger partial charge in [0.1, 0.15) is 0 Å². The van der Waals surface area contributed by atoms with E-state index in [1.54, 1.807) is 0 Å². The summed E-state index contributed by atoms with van der Waals surface area (Å²) in [4.78, 5) is 10.9. The molecule has 1 aromatic rings. The first kappa shape index (κ1) is 14.1. The Balaban J connectivity index is 2.47. The summed E-state index contributed by atoms with van der Waals surface area (Å²) in [6.07, 6.45) is 1.48. The first-order chi connectivity index (χ1) is 8.95. The number of halogens is 3. The van der Waals surface area contributed by atoms with Crippen LogP contribution in [0.2, 0.25) is 5.02 Å². The van der Waals surface area contributed by atoms with E-state index < -0.39 is 29.3 Å².